The molecule has 0 bridgehead atoms. The van der Waals surface area contributed by atoms with E-state index in [0.29, 0.717) is 17.3 Å². The van der Waals surface area contributed by atoms with Gasteiger partial charge in [-0.3, -0.25) is 19.3 Å². The Balaban J connectivity index is 1.59. The standard InChI is InChI=1S/C24H22ClN3O3/c1-12-9-10-14-20(13(12)2)26-23(31)24(14)19-18(17-8-5-11-27(17)24)21(29)28(22(19)30)16-7-4-3-6-15(16)25/h3-4,6-7,9-10,17-19H,5,8,11H2,1-2H3,(H,26,31)/t17-,18-,19-,24-/m1/s1. The van der Waals surface area contributed by atoms with Gasteiger partial charge in [0.2, 0.25) is 17.7 Å². The molecule has 2 aromatic carbocycles. The van der Waals surface area contributed by atoms with E-state index in [1.165, 1.54) is 4.90 Å². The van der Waals surface area contributed by atoms with Crippen LogP contribution in [0.4, 0.5) is 11.4 Å². The van der Waals surface area contributed by atoms with Gasteiger partial charge in [-0.15, -0.1) is 0 Å². The van der Waals surface area contributed by atoms with Gasteiger partial charge in [0.05, 0.1) is 22.5 Å². The number of anilines is 2. The molecule has 158 valence electrons. The SMILES string of the molecule is Cc1ccc2c(c1C)NC(=O)[C@]21[C@H]2C(=O)N(c3ccccc3Cl)C(=O)[C@@H]2[C@H]2CCCN21. The molecule has 3 amide bonds. The smallest absolute Gasteiger partial charge is 0.250 e. The van der Waals surface area contributed by atoms with Gasteiger partial charge in [-0.1, -0.05) is 35.9 Å². The number of halogens is 1. The lowest BCUT2D eigenvalue weighted by Crippen LogP contribution is -2.54. The summed E-state index contributed by atoms with van der Waals surface area (Å²) in [6, 6.07) is 10.7. The second-order valence-electron chi connectivity index (χ2n) is 9.02. The van der Waals surface area contributed by atoms with Gasteiger partial charge in [-0.2, -0.15) is 0 Å². The molecule has 31 heavy (non-hydrogen) atoms. The molecule has 4 atom stereocenters. The Hall–Kier alpha value is -2.70. The molecule has 0 aliphatic carbocycles. The maximum Gasteiger partial charge on any atom is 0.250 e. The van der Waals surface area contributed by atoms with Crippen molar-refractivity contribution < 1.29 is 14.4 Å². The van der Waals surface area contributed by atoms with E-state index >= 15 is 0 Å². The van der Waals surface area contributed by atoms with Gasteiger partial charge in [0.15, 0.2) is 0 Å². The quantitative estimate of drug-likeness (QED) is 0.697. The van der Waals surface area contributed by atoms with Crippen LogP contribution in [0.3, 0.4) is 0 Å². The average Bonchev–Trinajstić information content (AvgIpc) is 3.45. The highest BCUT2D eigenvalue weighted by Crippen LogP contribution is 2.61. The van der Waals surface area contributed by atoms with Gasteiger partial charge in [0.25, 0.3) is 0 Å². The van der Waals surface area contributed by atoms with Gasteiger partial charge >= 0.3 is 0 Å². The molecule has 0 saturated carbocycles. The lowest BCUT2D eigenvalue weighted by atomic mass is 9.75. The molecule has 0 unspecified atom stereocenters. The van der Waals surface area contributed by atoms with Crippen molar-refractivity contribution in [2.45, 2.75) is 38.3 Å². The van der Waals surface area contributed by atoms with E-state index in [2.05, 4.69) is 10.2 Å². The molecule has 7 heteroatoms. The summed E-state index contributed by atoms with van der Waals surface area (Å²) in [6.07, 6.45) is 1.70. The number of nitrogens with zero attached hydrogens (tertiary/aromatic N) is 2. The maximum absolute atomic E-state index is 13.9. The van der Waals surface area contributed by atoms with Crippen LogP contribution < -0.4 is 10.2 Å². The Bertz CT molecular complexity index is 1190. The zero-order valence-electron chi connectivity index (χ0n) is 17.3. The molecule has 0 radical (unpaired) electrons. The largest absolute Gasteiger partial charge is 0.324 e. The molecule has 3 saturated heterocycles. The van der Waals surface area contributed by atoms with Crippen LogP contribution in [-0.2, 0) is 19.9 Å². The number of hydrogen-bond acceptors (Lipinski definition) is 4. The van der Waals surface area contributed by atoms with Crippen molar-refractivity contribution in [3.8, 4) is 0 Å². The predicted molar refractivity (Wildman–Crippen MR) is 117 cm³/mol. The molecule has 4 aliphatic heterocycles. The van der Waals surface area contributed by atoms with Gasteiger partial charge in [0.1, 0.15) is 5.54 Å². The molecule has 1 spiro atoms. The number of imide groups is 1. The highest BCUT2D eigenvalue weighted by Gasteiger charge is 2.74. The third-order valence-corrected chi connectivity index (χ3v) is 8.11. The fraction of sp³-hybridized carbons (Fsp3) is 0.375. The minimum Gasteiger partial charge on any atom is -0.324 e. The van der Waals surface area contributed by atoms with Gasteiger partial charge in [-0.25, -0.2) is 4.90 Å². The first-order valence-electron chi connectivity index (χ1n) is 10.7. The summed E-state index contributed by atoms with van der Waals surface area (Å²) in [4.78, 5) is 44.6. The molecule has 2 aromatic rings. The third kappa shape index (κ3) is 2.10. The summed E-state index contributed by atoms with van der Waals surface area (Å²) in [5.74, 6) is -2.09. The van der Waals surface area contributed by atoms with Crippen molar-refractivity contribution in [2.24, 2.45) is 11.8 Å². The van der Waals surface area contributed by atoms with Crippen molar-refractivity contribution in [3.63, 3.8) is 0 Å². The lowest BCUT2D eigenvalue weighted by Gasteiger charge is -2.36. The van der Waals surface area contributed by atoms with E-state index < -0.39 is 17.4 Å². The summed E-state index contributed by atoms with van der Waals surface area (Å²) in [7, 11) is 0. The third-order valence-electron chi connectivity index (χ3n) is 7.79. The van der Waals surface area contributed by atoms with Gasteiger partial charge in [-0.05, 0) is 56.5 Å². The number of para-hydroxylation sites is 1. The van der Waals surface area contributed by atoms with Crippen LogP contribution >= 0.6 is 11.6 Å². The van der Waals surface area contributed by atoms with E-state index in [4.69, 9.17) is 11.6 Å². The first-order valence-corrected chi connectivity index (χ1v) is 11.1. The van der Waals surface area contributed by atoms with Crippen molar-refractivity contribution in [3.05, 3.63) is 58.1 Å². The van der Waals surface area contributed by atoms with Crippen molar-refractivity contribution in [2.75, 3.05) is 16.8 Å². The highest BCUT2D eigenvalue weighted by molar-refractivity contribution is 6.36. The summed E-state index contributed by atoms with van der Waals surface area (Å²) >= 11 is 6.37. The number of hydrogen-bond donors (Lipinski definition) is 1. The minimum absolute atomic E-state index is 0.132. The van der Waals surface area contributed by atoms with Crippen LogP contribution in [0.2, 0.25) is 5.02 Å². The number of amides is 3. The highest BCUT2D eigenvalue weighted by atomic mass is 35.5. The molecule has 0 aromatic heterocycles. The van der Waals surface area contributed by atoms with Crippen molar-refractivity contribution >= 4 is 40.7 Å². The van der Waals surface area contributed by atoms with Crippen LogP contribution in [0.15, 0.2) is 36.4 Å². The fourth-order valence-corrected chi connectivity index (χ4v) is 6.61. The van der Waals surface area contributed by atoms with Crippen LogP contribution in [0.25, 0.3) is 0 Å². The molecule has 4 heterocycles. The minimum atomic E-state index is -1.15. The molecular formula is C24H22ClN3O3. The van der Waals surface area contributed by atoms with Crippen LogP contribution in [0.1, 0.15) is 29.5 Å². The van der Waals surface area contributed by atoms with Crippen LogP contribution in [0.5, 0.6) is 0 Å². The first kappa shape index (κ1) is 19.0. The molecular weight excluding hydrogens is 414 g/mol. The van der Waals surface area contributed by atoms with Gasteiger partial charge < -0.3 is 5.32 Å². The Morgan fingerprint density at radius 2 is 1.84 bits per heavy atom. The topological polar surface area (TPSA) is 69.7 Å². The van der Waals surface area contributed by atoms with E-state index in [9.17, 15) is 14.4 Å². The second kappa shape index (κ2) is 6.17. The van der Waals surface area contributed by atoms with E-state index in [1.807, 2.05) is 26.0 Å². The Kier molecular flexibility index (Phi) is 3.79. The van der Waals surface area contributed by atoms with Crippen molar-refractivity contribution in [1.29, 1.82) is 0 Å². The molecule has 1 N–H and O–H groups in total. The van der Waals surface area contributed by atoms with Crippen LogP contribution in [-0.4, -0.2) is 35.2 Å². The Labute approximate surface area is 185 Å². The fourth-order valence-electron chi connectivity index (χ4n) is 6.39. The number of carbonyl (C=O) groups excluding carboxylic acids is 3. The Morgan fingerprint density at radius 1 is 1.06 bits per heavy atom. The zero-order valence-corrected chi connectivity index (χ0v) is 18.1. The monoisotopic (exact) mass is 435 g/mol. The average molecular weight is 436 g/mol. The number of benzene rings is 2. The number of aryl methyl sites for hydroxylation is 1. The molecule has 3 fully saturated rings. The lowest BCUT2D eigenvalue weighted by molar-refractivity contribution is -0.135. The van der Waals surface area contributed by atoms with E-state index in [-0.39, 0.29) is 23.8 Å². The summed E-state index contributed by atoms with van der Waals surface area (Å²) in [5, 5.41) is 3.43. The van der Waals surface area contributed by atoms with Crippen molar-refractivity contribution in [1.82, 2.24) is 4.90 Å². The normalized spacial score (nSPS) is 31.4. The van der Waals surface area contributed by atoms with Crippen LogP contribution in [0, 0.1) is 25.7 Å². The van der Waals surface area contributed by atoms with E-state index in [0.717, 1.165) is 35.2 Å². The number of carbonyl (C=O) groups is 3. The maximum atomic E-state index is 13.9. The van der Waals surface area contributed by atoms with E-state index in [1.54, 1.807) is 24.3 Å². The zero-order chi connectivity index (χ0) is 21.7. The summed E-state index contributed by atoms with van der Waals surface area (Å²) in [6.45, 7) is 4.69. The second-order valence-corrected chi connectivity index (χ2v) is 9.43. The number of fused-ring (bicyclic) bond motifs is 7. The number of nitrogens with one attached hydrogen (secondary N) is 1. The summed E-state index contributed by atoms with van der Waals surface area (Å²) < 4.78 is 0. The predicted octanol–water partition coefficient (Wildman–Crippen LogP) is 3.39. The van der Waals surface area contributed by atoms with Gasteiger partial charge in [0, 0.05) is 17.3 Å². The first-order chi connectivity index (χ1) is 14.9. The molecule has 6 rings (SSSR count). The molecule has 4 aliphatic rings. The molecule has 6 nitrogen and oxygen atoms in total. The Morgan fingerprint density at radius 3 is 2.61 bits per heavy atom. The summed E-state index contributed by atoms with van der Waals surface area (Å²) in [5.41, 5.74) is 2.93. The number of rotatable bonds is 1.